The fourth-order valence-electron chi connectivity index (χ4n) is 4.60. The zero-order chi connectivity index (χ0) is 15.7. The first kappa shape index (κ1) is 15.3. The van der Waals surface area contributed by atoms with Crippen molar-refractivity contribution in [1.82, 2.24) is 0 Å². The molecule has 2 unspecified atom stereocenters. The lowest BCUT2D eigenvalue weighted by atomic mass is 9.60. The van der Waals surface area contributed by atoms with Crippen LogP contribution in [-0.4, -0.2) is 18.9 Å². The molecule has 0 heterocycles. The molecule has 3 rings (SSSR count). The topological polar surface area (TPSA) is 43.4 Å². The molecule has 3 heteroatoms. The maximum Gasteiger partial charge on any atom is 0.337 e. The average molecular weight is 300 g/mol. The molecule has 22 heavy (non-hydrogen) atoms. The number of hydrogen-bond acceptors (Lipinski definition) is 3. The lowest BCUT2D eigenvalue weighted by Gasteiger charge is -2.43. The van der Waals surface area contributed by atoms with Crippen LogP contribution in [0.4, 0.5) is 0 Å². The zero-order valence-corrected chi connectivity index (χ0v) is 13.5. The van der Waals surface area contributed by atoms with Gasteiger partial charge in [-0.3, -0.25) is 4.79 Å². The van der Waals surface area contributed by atoms with Crippen molar-refractivity contribution < 1.29 is 14.3 Å². The summed E-state index contributed by atoms with van der Waals surface area (Å²) in [5.41, 5.74) is 3.41. The standard InChI is InChI=1S/C19H24O3/c1-3-19-10-9-16(20)12-15(19)6-4-5-13-11-14(18(21)22-2)7-8-17(13)19/h7-8,11,15H,3-6,9-10,12H2,1-2H3. The van der Waals surface area contributed by atoms with Gasteiger partial charge in [-0.1, -0.05) is 13.0 Å². The van der Waals surface area contributed by atoms with Gasteiger partial charge < -0.3 is 4.74 Å². The summed E-state index contributed by atoms with van der Waals surface area (Å²) in [6.45, 7) is 2.24. The quantitative estimate of drug-likeness (QED) is 0.780. The molecule has 0 N–H and O–H groups in total. The third-order valence-electron chi connectivity index (χ3n) is 5.80. The van der Waals surface area contributed by atoms with Crippen LogP contribution in [0.1, 0.15) is 66.9 Å². The third-order valence-corrected chi connectivity index (χ3v) is 5.80. The predicted molar refractivity (Wildman–Crippen MR) is 85.0 cm³/mol. The highest BCUT2D eigenvalue weighted by Crippen LogP contribution is 2.50. The van der Waals surface area contributed by atoms with E-state index in [1.165, 1.54) is 18.2 Å². The van der Waals surface area contributed by atoms with E-state index in [0.29, 0.717) is 23.7 Å². The highest BCUT2D eigenvalue weighted by Gasteiger charge is 2.44. The summed E-state index contributed by atoms with van der Waals surface area (Å²) < 4.78 is 4.85. The molecule has 0 radical (unpaired) electrons. The van der Waals surface area contributed by atoms with Crippen LogP contribution in [0.15, 0.2) is 18.2 Å². The largest absolute Gasteiger partial charge is 0.465 e. The fourth-order valence-corrected chi connectivity index (χ4v) is 4.60. The molecule has 1 aromatic carbocycles. The van der Waals surface area contributed by atoms with E-state index in [1.54, 1.807) is 0 Å². The molecule has 0 aromatic heterocycles. The van der Waals surface area contributed by atoms with Crippen molar-refractivity contribution in [3.63, 3.8) is 0 Å². The maximum atomic E-state index is 11.9. The van der Waals surface area contributed by atoms with Crippen molar-refractivity contribution in [2.24, 2.45) is 5.92 Å². The number of hydrogen-bond donors (Lipinski definition) is 0. The van der Waals surface area contributed by atoms with Crippen molar-refractivity contribution in [2.45, 2.75) is 57.3 Å². The number of methoxy groups -OCH3 is 1. The Kier molecular flexibility index (Phi) is 4.07. The molecule has 1 fully saturated rings. The SMILES string of the molecule is CCC12CCC(=O)CC1CCCc1cc(C(=O)OC)ccc12. The van der Waals surface area contributed by atoms with E-state index in [0.717, 1.165) is 38.5 Å². The van der Waals surface area contributed by atoms with Gasteiger partial charge in [0.2, 0.25) is 0 Å². The van der Waals surface area contributed by atoms with Gasteiger partial charge in [0.25, 0.3) is 0 Å². The molecule has 0 saturated heterocycles. The van der Waals surface area contributed by atoms with Gasteiger partial charge >= 0.3 is 5.97 Å². The second-order valence-corrected chi connectivity index (χ2v) is 6.71. The molecule has 0 aliphatic heterocycles. The second-order valence-electron chi connectivity index (χ2n) is 6.71. The van der Waals surface area contributed by atoms with Gasteiger partial charge in [-0.25, -0.2) is 4.79 Å². The molecule has 0 bridgehead atoms. The highest BCUT2D eigenvalue weighted by molar-refractivity contribution is 5.89. The Morgan fingerprint density at radius 3 is 2.91 bits per heavy atom. The van der Waals surface area contributed by atoms with Crippen LogP contribution in [0.25, 0.3) is 0 Å². The number of ether oxygens (including phenoxy) is 1. The zero-order valence-electron chi connectivity index (χ0n) is 13.5. The van der Waals surface area contributed by atoms with Crippen molar-refractivity contribution in [3.8, 4) is 0 Å². The lowest BCUT2D eigenvalue weighted by molar-refractivity contribution is -0.123. The molecule has 1 aromatic rings. The molecular formula is C19H24O3. The van der Waals surface area contributed by atoms with Gasteiger partial charge in [-0.2, -0.15) is 0 Å². The number of fused-ring (bicyclic) bond motifs is 3. The van der Waals surface area contributed by atoms with Crippen LogP contribution in [0, 0.1) is 5.92 Å². The first-order valence-electron chi connectivity index (χ1n) is 8.34. The Morgan fingerprint density at radius 1 is 1.36 bits per heavy atom. The summed E-state index contributed by atoms with van der Waals surface area (Å²) >= 11 is 0. The summed E-state index contributed by atoms with van der Waals surface area (Å²) in [7, 11) is 1.42. The van der Waals surface area contributed by atoms with Crippen LogP contribution in [-0.2, 0) is 21.4 Å². The number of aryl methyl sites for hydroxylation is 1. The monoisotopic (exact) mass is 300 g/mol. The Bertz CT molecular complexity index is 605. The van der Waals surface area contributed by atoms with Gasteiger partial charge in [0, 0.05) is 12.8 Å². The van der Waals surface area contributed by atoms with Crippen molar-refractivity contribution in [1.29, 1.82) is 0 Å². The maximum absolute atomic E-state index is 11.9. The van der Waals surface area contributed by atoms with Crippen LogP contribution in [0.2, 0.25) is 0 Å². The second kappa shape index (κ2) is 5.86. The molecule has 2 aliphatic rings. The molecule has 2 aliphatic carbocycles. The summed E-state index contributed by atoms with van der Waals surface area (Å²) in [5.74, 6) is 0.612. The summed E-state index contributed by atoms with van der Waals surface area (Å²) in [4.78, 5) is 23.7. The number of Topliss-reactive ketones (excluding diaryl/α,β-unsaturated/α-hetero) is 1. The van der Waals surface area contributed by atoms with Gasteiger partial charge in [0.15, 0.2) is 0 Å². The van der Waals surface area contributed by atoms with E-state index >= 15 is 0 Å². The number of ketones is 1. The minimum absolute atomic E-state index is 0.119. The fraction of sp³-hybridized carbons (Fsp3) is 0.579. The molecule has 0 amide bonds. The van der Waals surface area contributed by atoms with Crippen molar-refractivity contribution in [2.75, 3.05) is 7.11 Å². The molecular weight excluding hydrogens is 276 g/mol. The Labute approximate surface area is 132 Å². The number of carbonyl (C=O) groups is 2. The van der Waals surface area contributed by atoms with Gasteiger partial charge in [0.1, 0.15) is 5.78 Å². The molecule has 118 valence electrons. The molecule has 0 spiro atoms. The van der Waals surface area contributed by atoms with E-state index in [-0.39, 0.29) is 11.4 Å². The van der Waals surface area contributed by atoms with Crippen LogP contribution in [0.5, 0.6) is 0 Å². The first-order chi connectivity index (χ1) is 10.6. The highest BCUT2D eigenvalue weighted by atomic mass is 16.5. The van der Waals surface area contributed by atoms with Crippen LogP contribution < -0.4 is 0 Å². The smallest absolute Gasteiger partial charge is 0.337 e. The molecule has 1 saturated carbocycles. The first-order valence-corrected chi connectivity index (χ1v) is 8.34. The van der Waals surface area contributed by atoms with Gasteiger partial charge in [-0.05, 0) is 66.7 Å². The minimum Gasteiger partial charge on any atom is -0.465 e. The van der Waals surface area contributed by atoms with Crippen molar-refractivity contribution in [3.05, 3.63) is 34.9 Å². The van der Waals surface area contributed by atoms with Crippen molar-refractivity contribution >= 4 is 11.8 Å². The van der Waals surface area contributed by atoms with E-state index in [4.69, 9.17) is 4.74 Å². The minimum atomic E-state index is -0.270. The van der Waals surface area contributed by atoms with Gasteiger partial charge in [-0.15, -0.1) is 0 Å². The van der Waals surface area contributed by atoms with E-state index in [2.05, 4.69) is 13.0 Å². The van der Waals surface area contributed by atoms with E-state index in [9.17, 15) is 9.59 Å². The predicted octanol–water partition coefficient (Wildman–Crippen LogP) is 3.83. The summed E-state index contributed by atoms with van der Waals surface area (Å²) in [6, 6.07) is 6.03. The Morgan fingerprint density at radius 2 is 2.18 bits per heavy atom. The van der Waals surface area contributed by atoms with E-state index in [1.807, 2.05) is 12.1 Å². The van der Waals surface area contributed by atoms with Gasteiger partial charge in [0.05, 0.1) is 12.7 Å². The molecule has 3 nitrogen and oxygen atoms in total. The van der Waals surface area contributed by atoms with Crippen LogP contribution >= 0.6 is 0 Å². The van der Waals surface area contributed by atoms with Crippen LogP contribution in [0.3, 0.4) is 0 Å². The molecule has 2 atom stereocenters. The Balaban J connectivity index is 2.07. The average Bonchev–Trinajstić information content (AvgIpc) is 2.70. The van der Waals surface area contributed by atoms with E-state index < -0.39 is 0 Å². The number of carbonyl (C=O) groups excluding carboxylic acids is 2. The number of esters is 1. The summed E-state index contributed by atoms with van der Waals surface area (Å²) in [5, 5.41) is 0. The number of rotatable bonds is 2. The normalized spacial score (nSPS) is 27.5. The Hall–Kier alpha value is -1.64. The number of benzene rings is 1. The lowest BCUT2D eigenvalue weighted by Crippen LogP contribution is -2.40. The summed E-state index contributed by atoms with van der Waals surface area (Å²) in [6.07, 6.45) is 6.65. The third kappa shape index (κ3) is 2.37.